The van der Waals surface area contributed by atoms with Crippen LogP contribution in [0.4, 0.5) is 5.88 Å². The standard InChI is InChI=1S/C18H18N2O4S2/c1-13-4-6-14(7-5-13)26(21,22)17-18(20-8-10-23-11-9-20)24-16(19-17)15-3-2-12-25-15/h2-7,12H,8-11H2,1H3. The van der Waals surface area contributed by atoms with Crippen molar-refractivity contribution in [3.63, 3.8) is 0 Å². The summed E-state index contributed by atoms with van der Waals surface area (Å²) in [5.74, 6) is 0.615. The zero-order chi connectivity index (χ0) is 18.1. The van der Waals surface area contributed by atoms with Crippen LogP contribution < -0.4 is 4.90 Å². The van der Waals surface area contributed by atoms with E-state index in [0.29, 0.717) is 32.2 Å². The van der Waals surface area contributed by atoms with Crippen LogP contribution in [0.1, 0.15) is 5.56 Å². The minimum Gasteiger partial charge on any atom is -0.418 e. The van der Waals surface area contributed by atoms with Crippen molar-refractivity contribution in [2.45, 2.75) is 16.8 Å². The van der Waals surface area contributed by atoms with Crippen LogP contribution in [0.25, 0.3) is 10.8 Å². The first-order valence-corrected chi connectivity index (χ1v) is 10.6. The normalized spacial score (nSPS) is 15.3. The second-order valence-corrected chi connectivity index (χ2v) is 8.84. The first-order valence-electron chi connectivity index (χ1n) is 8.25. The highest BCUT2D eigenvalue weighted by atomic mass is 32.2. The van der Waals surface area contributed by atoms with Crippen LogP contribution in [-0.2, 0) is 14.6 Å². The number of oxazole rings is 1. The summed E-state index contributed by atoms with van der Waals surface area (Å²) < 4.78 is 37.7. The Morgan fingerprint density at radius 2 is 1.85 bits per heavy atom. The predicted molar refractivity (Wildman–Crippen MR) is 99.5 cm³/mol. The Morgan fingerprint density at radius 3 is 2.50 bits per heavy atom. The second kappa shape index (κ2) is 6.86. The molecule has 26 heavy (non-hydrogen) atoms. The summed E-state index contributed by atoms with van der Waals surface area (Å²) in [5, 5.41) is 1.87. The highest BCUT2D eigenvalue weighted by Crippen LogP contribution is 2.36. The maximum absolute atomic E-state index is 13.2. The highest BCUT2D eigenvalue weighted by molar-refractivity contribution is 7.91. The predicted octanol–water partition coefficient (Wildman–Crippen LogP) is 3.38. The second-order valence-electron chi connectivity index (χ2n) is 6.02. The number of aromatic nitrogens is 1. The van der Waals surface area contributed by atoms with Gasteiger partial charge in [-0.25, -0.2) is 8.42 Å². The van der Waals surface area contributed by atoms with E-state index in [2.05, 4.69) is 4.98 Å². The van der Waals surface area contributed by atoms with Gasteiger partial charge in [0, 0.05) is 13.1 Å². The van der Waals surface area contributed by atoms with Gasteiger partial charge >= 0.3 is 0 Å². The molecule has 1 aromatic carbocycles. The van der Waals surface area contributed by atoms with Gasteiger partial charge in [-0.2, -0.15) is 4.98 Å². The van der Waals surface area contributed by atoms with Crippen LogP contribution >= 0.6 is 11.3 Å². The molecule has 6 nitrogen and oxygen atoms in total. The van der Waals surface area contributed by atoms with Gasteiger partial charge in [0.1, 0.15) is 0 Å². The zero-order valence-electron chi connectivity index (χ0n) is 14.2. The molecule has 3 aromatic rings. The van der Waals surface area contributed by atoms with Gasteiger partial charge in [0.2, 0.25) is 26.6 Å². The monoisotopic (exact) mass is 390 g/mol. The first kappa shape index (κ1) is 17.3. The smallest absolute Gasteiger partial charge is 0.240 e. The molecule has 0 saturated carbocycles. The number of morpholine rings is 1. The lowest BCUT2D eigenvalue weighted by Gasteiger charge is -2.26. The molecule has 0 radical (unpaired) electrons. The summed E-state index contributed by atoms with van der Waals surface area (Å²) >= 11 is 1.46. The molecular weight excluding hydrogens is 372 g/mol. The van der Waals surface area contributed by atoms with Gasteiger partial charge in [-0.15, -0.1) is 11.3 Å². The van der Waals surface area contributed by atoms with E-state index in [0.717, 1.165) is 10.4 Å². The molecule has 0 atom stereocenters. The van der Waals surface area contributed by atoms with Crippen LogP contribution in [0.2, 0.25) is 0 Å². The largest absolute Gasteiger partial charge is 0.418 e. The molecule has 8 heteroatoms. The maximum atomic E-state index is 13.2. The number of anilines is 1. The van der Waals surface area contributed by atoms with Crippen LogP contribution in [-0.4, -0.2) is 39.7 Å². The number of aryl methyl sites for hydroxylation is 1. The summed E-state index contributed by atoms with van der Waals surface area (Å²) in [5.41, 5.74) is 0.997. The Bertz CT molecular complexity index is 987. The van der Waals surface area contributed by atoms with Crippen LogP contribution in [0, 0.1) is 6.92 Å². The fourth-order valence-electron chi connectivity index (χ4n) is 2.77. The quantitative estimate of drug-likeness (QED) is 0.680. The van der Waals surface area contributed by atoms with Crippen molar-refractivity contribution in [3.8, 4) is 10.8 Å². The summed E-state index contributed by atoms with van der Waals surface area (Å²) in [4.78, 5) is 7.26. The number of hydrogen-bond donors (Lipinski definition) is 0. The Labute approximate surface area is 156 Å². The van der Waals surface area contributed by atoms with E-state index >= 15 is 0 Å². The fourth-order valence-corrected chi connectivity index (χ4v) is 4.74. The van der Waals surface area contributed by atoms with Crippen molar-refractivity contribution in [3.05, 3.63) is 47.3 Å². The Morgan fingerprint density at radius 1 is 1.12 bits per heavy atom. The minimum atomic E-state index is -3.79. The number of nitrogens with zero attached hydrogens (tertiary/aromatic N) is 2. The van der Waals surface area contributed by atoms with Gasteiger partial charge in [-0.05, 0) is 30.5 Å². The van der Waals surface area contributed by atoms with Gasteiger partial charge in [0.05, 0.1) is 23.0 Å². The topological polar surface area (TPSA) is 72.6 Å². The molecular formula is C18H18N2O4S2. The number of benzene rings is 1. The third-order valence-electron chi connectivity index (χ3n) is 4.20. The molecule has 4 rings (SSSR count). The molecule has 0 unspecified atom stereocenters. The molecule has 3 heterocycles. The summed E-state index contributed by atoms with van der Waals surface area (Å²) in [6, 6.07) is 10.5. The molecule has 1 aliphatic heterocycles. The van der Waals surface area contributed by atoms with Crippen molar-refractivity contribution in [2.75, 3.05) is 31.2 Å². The number of hydrogen-bond acceptors (Lipinski definition) is 7. The number of sulfone groups is 1. The number of thiophene rings is 1. The molecule has 0 spiro atoms. The molecule has 1 fully saturated rings. The highest BCUT2D eigenvalue weighted by Gasteiger charge is 2.32. The van der Waals surface area contributed by atoms with E-state index < -0.39 is 9.84 Å². The molecule has 136 valence electrons. The summed E-state index contributed by atoms with van der Waals surface area (Å²) in [6.45, 7) is 4.10. The van der Waals surface area contributed by atoms with E-state index in [9.17, 15) is 8.42 Å². The van der Waals surface area contributed by atoms with Crippen molar-refractivity contribution >= 4 is 27.1 Å². The lowest BCUT2D eigenvalue weighted by atomic mass is 10.2. The van der Waals surface area contributed by atoms with Gasteiger partial charge in [-0.1, -0.05) is 23.8 Å². The van der Waals surface area contributed by atoms with E-state index in [-0.39, 0.29) is 15.8 Å². The van der Waals surface area contributed by atoms with E-state index in [1.807, 2.05) is 29.3 Å². The van der Waals surface area contributed by atoms with Gasteiger partial charge in [-0.3, -0.25) is 0 Å². The zero-order valence-corrected chi connectivity index (χ0v) is 15.8. The Balaban J connectivity index is 1.84. The fraction of sp³-hybridized carbons (Fsp3) is 0.278. The lowest BCUT2D eigenvalue weighted by molar-refractivity contribution is 0.120. The average Bonchev–Trinajstić information content (AvgIpc) is 3.33. The number of rotatable bonds is 4. The van der Waals surface area contributed by atoms with Crippen LogP contribution in [0.3, 0.4) is 0 Å². The van der Waals surface area contributed by atoms with Crippen LogP contribution in [0.15, 0.2) is 56.1 Å². The maximum Gasteiger partial charge on any atom is 0.240 e. The average molecular weight is 390 g/mol. The summed E-state index contributed by atoms with van der Waals surface area (Å²) in [7, 11) is -3.79. The first-order chi connectivity index (χ1) is 12.6. The molecule has 1 aliphatic rings. The Kier molecular flexibility index (Phi) is 4.56. The summed E-state index contributed by atoms with van der Waals surface area (Å²) in [6.07, 6.45) is 0. The van der Waals surface area contributed by atoms with Crippen molar-refractivity contribution in [2.24, 2.45) is 0 Å². The molecule has 0 bridgehead atoms. The van der Waals surface area contributed by atoms with Crippen molar-refractivity contribution in [1.29, 1.82) is 0 Å². The third-order valence-corrected chi connectivity index (χ3v) is 6.72. The number of ether oxygens (including phenoxy) is 1. The lowest BCUT2D eigenvalue weighted by Crippen LogP contribution is -2.36. The van der Waals surface area contributed by atoms with Crippen molar-refractivity contribution in [1.82, 2.24) is 4.98 Å². The van der Waals surface area contributed by atoms with Gasteiger partial charge < -0.3 is 14.1 Å². The van der Waals surface area contributed by atoms with Gasteiger partial charge in [0.15, 0.2) is 0 Å². The molecule has 0 N–H and O–H groups in total. The molecule has 0 amide bonds. The van der Waals surface area contributed by atoms with E-state index in [1.54, 1.807) is 24.3 Å². The van der Waals surface area contributed by atoms with Crippen molar-refractivity contribution < 1.29 is 17.6 Å². The van der Waals surface area contributed by atoms with Crippen LogP contribution in [0.5, 0.6) is 0 Å². The molecule has 2 aromatic heterocycles. The molecule has 0 aliphatic carbocycles. The van der Waals surface area contributed by atoms with E-state index in [4.69, 9.17) is 9.15 Å². The van der Waals surface area contributed by atoms with Gasteiger partial charge in [0.25, 0.3) is 0 Å². The molecule has 1 saturated heterocycles. The minimum absolute atomic E-state index is 0.0355. The Hall–Kier alpha value is -2.16. The third kappa shape index (κ3) is 3.15. The van der Waals surface area contributed by atoms with E-state index in [1.165, 1.54) is 11.3 Å². The SMILES string of the molecule is Cc1ccc(S(=O)(=O)c2nc(-c3cccs3)oc2N2CCOCC2)cc1.